The molecule has 0 fully saturated rings. The third-order valence-electron chi connectivity index (χ3n) is 1.59. The lowest BCUT2D eigenvalue weighted by Crippen LogP contribution is -2.22. The first-order chi connectivity index (χ1) is 5.87. The first kappa shape index (κ1) is 10.9. The maximum atomic E-state index is 11.6. The summed E-state index contributed by atoms with van der Waals surface area (Å²) in [6.07, 6.45) is 1.36. The average molecular weight is 315 g/mol. The van der Waals surface area contributed by atoms with Crippen LogP contribution in [0.3, 0.4) is 0 Å². The molecule has 0 radical (unpaired) electrons. The largest absolute Gasteiger partial charge is 0.261 e. The van der Waals surface area contributed by atoms with Crippen molar-refractivity contribution in [2.75, 3.05) is 14.1 Å². The summed E-state index contributed by atoms with van der Waals surface area (Å²) in [6, 6.07) is 0. The zero-order chi connectivity index (χ0) is 10.2. The Morgan fingerprint density at radius 1 is 1.54 bits per heavy atom. The molecule has 0 N–H and O–H groups in total. The van der Waals surface area contributed by atoms with Gasteiger partial charge in [-0.15, -0.1) is 0 Å². The molecule has 0 aliphatic carbocycles. The minimum Gasteiger partial charge on any atom is -0.261 e. The fourth-order valence-corrected chi connectivity index (χ4v) is 2.79. The second-order valence-electron chi connectivity index (χ2n) is 2.71. The van der Waals surface area contributed by atoms with Gasteiger partial charge in [0.2, 0.25) is 10.0 Å². The molecule has 0 amide bonds. The molecule has 1 rings (SSSR count). The highest BCUT2D eigenvalue weighted by Gasteiger charge is 2.22. The molecule has 1 aromatic rings. The van der Waals surface area contributed by atoms with Crippen LogP contribution in [0.4, 0.5) is 0 Å². The minimum absolute atomic E-state index is 0.251. The first-order valence-electron chi connectivity index (χ1n) is 3.47. The van der Waals surface area contributed by atoms with Crippen LogP contribution in [-0.2, 0) is 17.1 Å². The van der Waals surface area contributed by atoms with Gasteiger partial charge < -0.3 is 0 Å². The van der Waals surface area contributed by atoms with Crippen molar-refractivity contribution in [2.45, 2.75) is 4.90 Å². The topological polar surface area (TPSA) is 55.2 Å². The van der Waals surface area contributed by atoms with Crippen LogP contribution in [0.2, 0.25) is 0 Å². The highest BCUT2D eigenvalue weighted by atomic mass is 127. The normalized spacial score (nSPS) is 12.4. The molecule has 0 aromatic carbocycles. The molecule has 0 atom stereocenters. The minimum atomic E-state index is -3.34. The number of hydrogen-bond acceptors (Lipinski definition) is 3. The zero-order valence-corrected chi connectivity index (χ0v) is 10.5. The van der Waals surface area contributed by atoms with Crippen molar-refractivity contribution in [1.29, 1.82) is 0 Å². The third kappa shape index (κ3) is 1.86. The average Bonchev–Trinajstić information content (AvgIpc) is 2.33. The summed E-state index contributed by atoms with van der Waals surface area (Å²) in [7, 11) is 1.36. The first-order valence-corrected chi connectivity index (χ1v) is 5.99. The van der Waals surface area contributed by atoms with Crippen LogP contribution in [0.1, 0.15) is 0 Å². The van der Waals surface area contributed by atoms with Gasteiger partial charge in [-0.25, -0.2) is 12.7 Å². The van der Waals surface area contributed by atoms with E-state index < -0.39 is 10.0 Å². The second kappa shape index (κ2) is 3.54. The van der Waals surface area contributed by atoms with E-state index in [0.717, 1.165) is 0 Å². The predicted molar refractivity (Wildman–Crippen MR) is 56.8 cm³/mol. The van der Waals surface area contributed by atoms with Gasteiger partial charge in [-0.3, -0.25) is 4.68 Å². The van der Waals surface area contributed by atoms with Gasteiger partial charge in [0.1, 0.15) is 8.60 Å². The fourth-order valence-electron chi connectivity index (χ4n) is 0.772. The van der Waals surface area contributed by atoms with E-state index in [9.17, 15) is 8.42 Å². The fraction of sp³-hybridized carbons (Fsp3) is 0.500. The summed E-state index contributed by atoms with van der Waals surface area (Å²) in [5.74, 6) is 0. The number of aromatic nitrogens is 2. The Kier molecular flexibility index (Phi) is 2.98. The van der Waals surface area contributed by atoms with E-state index in [1.54, 1.807) is 7.05 Å². The SMILES string of the molecule is CN(C)S(=O)(=O)c1cnn(C)c1I. The highest BCUT2D eigenvalue weighted by molar-refractivity contribution is 14.1. The summed E-state index contributed by atoms with van der Waals surface area (Å²) in [5.41, 5.74) is 0. The Morgan fingerprint density at radius 2 is 2.08 bits per heavy atom. The Bertz CT molecular complexity index is 410. The monoisotopic (exact) mass is 315 g/mol. The number of nitrogens with zero attached hydrogens (tertiary/aromatic N) is 3. The molecule has 0 spiro atoms. The smallest absolute Gasteiger partial charge is 0.246 e. The molecule has 5 nitrogen and oxygen atoms in total. The number of aryl methyl sites for hydroxylation is 1. The zero-order valence-electron chi connectivity index (χ0n) is 7.52. The van der Waals surface area contributed by atoms with Crippen molar-refractivity contribution in [3.05, 3.63) is 9.90 Å². The summed E-state index contributed by atoms with van der Waals surface area (Å²) >= 11 is 1.95. The van der Waals surface area contributed by atoms with Gasteiger partial charge in [0.05, 0.1) is 6.20 Å². The summed E-state index contributed by atoms with van der Waals surface area (Å²) in [4.78, 5) is 0.251. The van der Waals surface area contributed by atoms with E-state index in [2.05, 4.69) is 5.10 Å². The maximum Gasteiger partial charge on any atom is 0.246 e. The van der Waals surface area contributed by atoms with Crippen LogP contribution in [0.15, 0.2) is 11.1 Å². The molecule has 7 heteroatoms. The Hall–Kier alpha value is -0.150. The number of sulfonamides is 1. The molecule has 1 aromatic heterocycles. The molecule has 0 saturated carbocycles. The summed E-state index contributed by atoms with van der Waals surface area (Å²) in [5, 5.41) is 3.87. The summed E-state index contributed by atoms with van der Waals surface area (Å²) in [6.45, 7) is 0. The van der Waals surface area contributed by atoms with Gasteiger partial charge in [-0.1, -0.05) is 0 Å². The van der Waals surface area contributed by atoms with E-state index in [-0.39, 0.29) is 4.90 Å². The van der Waals surface area contributed by atoms with E-state index in [1.165, 1.54) is 29.3 Å². The maximum absolute atomic E-state index is 11.6. The Morgan fingerprint density at radius 3 is 2.38 bits per heavy atom. The Balaban J connectivity index is 3.32. The predicted octanol–water partition coefficient (Wildman–Crippen LogP) is 0.275. The van der Waals surface area contributed by atoms with E-state index >= 15 is 0 Å². The van der Waals surface area contributed by atoms with Gasteiger partial charge in [0, 0.05) is 21.1 Å². The van der Waals surface area contributed by atoms with Crippen molar-refractivity contribution < 1.29 is 8.42 Å². The molecule has 13 heavy (non-hydrogen) atoms. The molecular weight excluding hydrogens is 305 g/mol. The molecule has 0 aliphatic rings. The van der Waals surface area contributed by atoms with Crippen LogP contribution in [0.25, 0.3) is 0 Å². The lowest BCUT2D eigenvalue weighted by atomic mass is 10.7. The number of rotatable bonds is 2. The van der Waals surface area contributed by atoms with Gasteiger partial charge in [-0.2, -0.15) is 5.10 Å². The summed E-state index contributed by atoms with van der Waals surface area (Å²) < 4.78 is 26.6. The lowest BCUT2D eigenvalue weighted by molar-refractivity contribution is 0.520. The molecule has 0 unspecified atom stereocenters. The van der Waals surface area contributed by atoms with Gasteiger partial charge >= 0.3 is 0 Å². The van der Waals surface area contributed by atoms with Crippen molar-refractivity contribution in [2.24, 2.45) is 7.05 Å². The van der Waals surface area contributed by atoms with Crippen LogP contribution in [0, 0.1) is 3.70 Å². The number of hydrogen-bond donors (Lipinski definition) is 0. The van der Waals surface area contributed by atoms with Crippen LogP contribution in [0.5, 0.6) is 0 Å². The van der Waals surface area contributed by atoms with Gasteiger partial charge in [0.25, 0.3) is 0 Å². The molecular formula is C6H10IN3O2S. The van der Waals surface area contributed by atoms with E-state index in [0.29, 0.717) is 3.70 Å². The molecule has 1 heterocycles. The molecule has 74 valence electrons. The lowest BCUT2D eigenvalue weighted by Gasteiger charge is -2.09. The molecule has 0 aliphatic heterocycles. The highest BCUT2D eigenvalue weighted by Crippen LogP contribution is 2.18. The standard InChI is InChI=1S/C6H10IN3O2S/c1-9(2)13(11,12)5-4-8-10(3)6(5)7/h4H,1-3H3. The van der Waals surface area contributed by atoms with Crippen molar-refractivity contribution >= 4 is 32.6 Å². The van der Waals surface area contributed by atoms with Gasteiger partial charge in [0.15, 0.2) is 0 Å². The van der Waals surface area contributed by atoms with Crippen LogP contribution < -0.4 is 0 Å². The van der Waals surface area contributed by atoms with Crippen LogP contribution >= 0.6 is 22.6 Å². The number of halogens is 1. The second-order valence-corrected chi connectivity index (χ2v) is 5.85. The Labute approximate surface area is 90.9 Å². The van der Waals surface area contributed by atoms with Crippen molar-refractivity contribution in [3.8, 4) is 0 Å². The van der Waals surface area contributed by atoms with Crippen molar-refractivity contribution in [3.63, 3.8) is 0 Å². The third-order valence-corrected chi connectivity index (χ3v) is 5.06. The van der Waals surface area contributed by atoms with Gasteiger partial charge in [-0.05, 0) is 22.6 Å². The van der Waals surface area contributed by atoms with Crippen LogP contribution in [-0.4, -0.2) is 36.6 Å². The quantitative estimate of drug-likeness (QED) is 0.737. The molecule has 0 saturated heterocycles. The van der Waals surface area contributed by atoms with E-state index in [1.807, 2.05) is 22.6 Å². The van der Waals surface area contributed by atoms with E-state index in [4.69, 9.17) is 0 Å². The molecule has 0 bridgehead atoms. The van der Waals surface area contributed by atoms with Crippen molar-refractivity contribution in [1.82, 2.24) is 14.1 Å².